The van der Waals surface area contributed by atoms with Gasteiger partial charge in [-0.25, -0.2) is 9.42 Å². The molecule has 2 heterocycles. The molecule has 3 aromatic rings. The number of nitrogens with zero attached hydrogens (tertiary/aromatic N) is 4. The number of aromatic nitrogens is 3. The van der Waals surface area contributed by atoms with Gasteiger partial charge in [0.15, 0.2) is 0 Å². The first-order valence-corrected chi connectivity index (χ1v) is 8.94. The first kappa shape index (κ1) is 18.8. The first-order valence-electron chi connectivity index (χ1n) is 8.94. The van der Waals surface area contributed by atoms with Crippen LogP contribution >= 0.6 is 0 Å². The Balaban J connectivity index is 1.70. The molecular weight excluding hydrogens is 342 g/mol. The van der Waals surface area contributed by atoms with Crippen LogP contribution in [0.1, 0.15) is 44.4 Å². The van der Waals surface area contributed by atoms with Crippen LogP contribution in [0.5, 0.6) is 0 Å². The quantitative estimate of drug-likeness (QED) is 0.738. The minimum atomic E-state index is -0.133. The first-order chi connectivity index (χ1) is 12.8. The predicted molar refractivity (Wildman–Crippen MR) is 103 cm³/mol. The van der Waals surface area contributed by atoms with Gasteiger partial charge in [-0.15, -0.1) is 0 Å². The molecule has 1 atom stereocenters. The lowest BCUT2D eigenvalue weighted by molar-refractivity contribution is 0.197. The normalized spacial score (nSPS) is 12.7. The minimum absolute atomic E-state index is 0.0668. The van der Waals surface area contributed by atoms with E-state index in [1.54, 1.807) is 18.1 Å². The summed E-state index contributed by atoms with van der Waals surface area (Å²) in [5.74, 6) is 0. The lowest BCUT2D eigenvalue weighted by Crippen LogP contribution is -2.40. The molecule has 0 radical (unpaired) electrons. The summed E-state index contributed by atoms with van der Waals surface area (Å²) >= 11 is 0. The van der Waals surface area contributed by atoms with Crippen LogP contribution < -0.4 is 5.32 Å². The van der Waals surface area contributed by atoms with Crippen molar-refractivity contribution >= 4 is 17.1 Å². The Kier molecular flexibility index (Phi) is 5.39. The van der Waals surface area contributed by atoms with Gasteiger partial charge in [-0.05, 0) is 51.5 Å². The van der Waals surface area contributed by atoms with E-state index in [1.165, 1.54) is 0 Å². The fourth-order valence-electron chi connectivity index (χ4n) is 2.98. The van der Waals surface area contributed by atoms with E-state index in [4.69, 9.17) is 4.63 Å². The molecule has 1 N–H and O–H groups in total. The Hall–Kier alpha value is -2.96. The van der Waals surface area contributed by atoms with Crippen LogP contribution in [0.3, 0.4) is 0 Å². The molecule has 142 valence electrons. The van der Waals surface area contributed by atoms with Crippen LogP contribution in [-0.2, 0) is 6.54 Å². The van der Waals surface area contributed by atoms with Crippen molar-refractivity contribution in [2.45, 2.75) is 39.8 Å². The summed E-state index contributed by atoms with van der Waals surface area (Å²) in [4.78, 5) is 18.6. The molecule has 0 spiro atoms. The van der Waals surface area contributed by atoms with Gasteiger partial charge in [-0.3, -0.25) is 4.98 Å². The molecule has 3 rings (SSSR count). The Morgan fingerprint density at radius 2 is 2.00 bits per heavy atom. The molecule has 2 amide bonds. The van der Waals surface area contributed by atoms with Crippen molar-refractivity contribution in [1.82, 2.24) is 25.5 Å². The highest BCUT2D eigenvalue weighted by atomic mass is 16.6. The molecule has 2 aromatic heterocycles. The molecule has 0 unspecified atom stereocenters. The highest BCUT2D eigenvalue weighted by Crippen LogP contribution is 2.29. The smallest absolute Gasteiger partial charge is 0.317 e. The molecule has 0 bridgehead atoms. The second-order valence-electron chi connectivity index (χ2n) is 8.00. The summed E-state index contributed by atoms with van der Waals surface area (Å²) in [5, 5.41) is 10.8. The highest BCUT2D eigenvalue weighted by Gasteiger charge is 2.23. The zero-order valence-electron chi connectivity index (χ0n) is 16.1. The second kappa shape index (κ2) is 7.73. The summed E-state index contributed by atoms with van der Waals surface area (Å²) in [6.45, 7) is 6.94. The predicted octanol–water partition coefficient (Wildman–Crippen LogP) is 3.94. The van der Waals surface area contributed by atoms with Gasteiger partial charge in [0.1, 0.15) is 11.0 Å². The number of pyridine rings is 1. The number of hydrogen-bond donors (Lipinski definition) is 1. The van der Waals surface area contributed by atoms with Crippen molar-refractivity contribution < 1.29 is 9.42 Å². The van der Waals surface area contributed by atoms with Crippen LogP contribution in [0.2, 0.25) is 0 Å². The lowest BCUT2D eigenvalue weighted by Gasteiger charge is -2.29. The molecule has 27 heavy (non-hydrogen) atoms. The number of carbonyl (C=O) groups excluding carboxylic acids is 1. The topological polar surface area (TPSA) is 84.2 Å². The largest absolute Gasteiger partial charge is 0.331 e. The molecule has 1 aromatic carbocycles. The van der Waals surface area contributed by atoms with E-state index in [0.29, 0.717) is 17.6 Å². The fraction of sp³-hybridized carbons (Fsp3) is 0.400. The van der Waals surface area contributed by atoms with Gasteiger partial charge in [0, 0.05) is 26.0 Å². The third-order valence-electron chi connectivity index (χ3n) is 4.29. The maximum absolute atomic E-state index is 12.8. The Morgan fingerprint density at radius 3 is 2.70 bits per heavy atom. The molecule has 0 aliphatic heterocycles. The van der Waals surface area contributed by atoms with Crippen molar-refractivity contribution in [2.24, 2.45) is 5.41 Å². The fourth-order valence-corrected chi connectivity index (χ4v) is 2.98. The van der Waals surface area contributed by atoms with Crippen molar-refractivity contribution in [3.05, 3.63) is 53.9 Å². The summed E-state index contributed by atoms with van der Waals surface area (Å²) < 4.78 is 4.72. The number of amides is 2. The van der Waals surface area contributed by atoms with E-state index in [1.807, 2.05) is 36.5 Å². The Morgan fingerprint density at radius 1 is 1.22 bits per heavy atom. The molecule has 0 saturated carbocycles. The number of carbonyl (C=O) groups is 1. The molecule has 0 aliphatic carbocycles. The number of fused-ring (bicyclic) bond motifs is 1. The summed E-state index contributed by atoms with van der Waals surface area (Å²) in [6.07, 6.45) is 4.36. The molecule has 0 fully saturated rings. The van der Waals surface area contributed by atoms with Gasteiger partial charge in [-0.1, -0.05) is 32.9 Å². The van der Waals surface area contributed by atoms with Gasteiger partial charge >= 0.3 is 6.03 Å². The minimum Gasteiger partial charge on any atom is -0.331 e. The average molecular weight is 367 g/mol. The van der Waals surface area contributed by atoms with Crippen LogP contribution in [0, 0.1) is 5.41 Å². The zero-order chi connectivity index (χ0) is 19.4. The highest BCUT2D eigenvalue weighted by molar-refractivity contribution is 5.76. The zero-order valence-corrected chi connectivity index (χ0v) is 16.1. The monoisotopic (exact) mass is 367 g/mol. The van der Waals surface area contributed by atoms with E-state index >= 15 is 0 Å². The molecule has 0 saturated heterocycles. The van der Waals surface area contributed by atoms with E-state index in [9.17, 15) is 4.79 Å². The van der Waals surface area contributed by atoms with Crippen molar-refractivity contribution in [2.75, 3.05) is 7.05 Å². The van der Waals surface area contributed by atoms with Crippen molar-refractivity contribution in [3.8, 4) is 0 Å². The Labute approximate surface area is 158 Å². The number of nitrogens with one attached hydrogen (secondary N) is 1. The third-order valence-corrected chi connectivity index (χ3v) is 4.29. The summed E-state index contributed by atoms with van der Waals surface area (Å²) in [7, 11) is 1.78. The number of benzene rings is 1. The van der Waals surface area contributed by atoms with E-state index in [-0.39, 0.29) is 17.5 Å². The number of urea groups is 1. The second-order valence-corrected chi connectivity index (χ2v) is 8.00. The molecule has 0 aliphatic rings. The van der Waals surface area contributed by atoms with Gasteiger partial charge < -0.3 is 10.2 Å². The maximum atomic E-state index is 12.8. The van der Waals surface area contributed by atoms with Crippen molar-refractivity contribution in [3.63, 3.8) is 0 Å². The number of rotatable bonds is 5. The molecule has 7 heteroatoms. The van der Waals surface area contributed by atoms with Gasteiger partial charge in [0.2, 0.25) is 0 Å². The van der Waals surface area contributed by atoms with Crippen LogP contribution in [0.15, 0.2) is 47.4 Å². The van der Waals surface area contributed by atoms with Crippen molar-refractivity contribution in [1.29, 1.82) is 0 Å². The number of hydrogen-bond acceptors (Lipinski definition) is 5. The molecular formula is C20H25N5O2. The Bertz CT molecular complexity index is 901. The van der Waals surface area contributed by atoms with Gasteiger partial charge in [0.05, 0.1) is 6.04 Å². The SMILES string of the molecule is CN(Cc1ccc2nonc2c1)C(=O)N[C@@H](CC(C)(C)C)c1cccnc1. The summed E-state index contributed by atoms with van der Waals surface area (Å²) in [5.41, 5.74) is 3.42. The van der Waals surface area contributed by atoms with E-state index in [2.05, 4.69) is 41.4 Å². The van der Waals surface area contributed by atoms with Gasteiger partial charge in [0.25, 0.3) is 0 Å². The molecule has 7 nitrogen and oxygen atoms in total. The standard InChI is InChI=1S/C20H25N5O2/c1-20(2,3)11-18(15-6-5-9-21-12-15)22-19(26)25(4)13-14-7-8-16-17(10-14)24-27-23-16/h5-10,12,18H,11,13H2,1-4H3,(H,22,26)/t18-/m0/s1. The van der Waals surface area contributed by atoms with Crippen LogP contribution in [0.4, 0.5) is 4.79 Å². The third kappa shape index (κ3) is 5.03. The van der Waals surface area contributed by atoms with Crippen LogP contribution in [-0.4, -0.2) is 33.3 Å². The van der Waals surface area contributed by atoms with Gasteiger partial charge in [-0.2, -0.15) is 0 Å². The summed E-state index contributed by atoms with van der Waals surface area (Å²) in [6, 6.07) is 9.29. The average Bonchev–Trinajstić information content (AvgIpc) is 3.08. The lowest BCUT2D eigenvalue weighted by atomic mass is 9.86. The maximum Gasteiger partial charge on any atom is 0.317 e. The van der Waals surface area contributed by atoms with Crippen LogP contribution in [0.25, 0.3) is 11.0 Å². The van der Waals surface area contributed by atoms with E-state index < -0.39 is 0 Å². The van der Waals surface area contributed by atoms with E-state index in [0.717, 1.165) is 17.5 Å².